The van der Waals surface area contributed by atoms with Crippen LogP contribution < -0.4 is 5.46 Å². The van der Waals surface area contributed by atoms with E-state index in [-0.39, 0.29) is 27.2 Å². The molecule has 2 aromatic carbocycles. The minimum atomic E-state index is -0.288. The molecule has 0 spiro atoms. The van der Waals surface area contributed by atoms with Crippen LogP contribution in [0.3, 0.4) is 0 Å². The van der Waals surface area contributed by atoms with Crippen LogP contribution in [0, 0.1) is 0 Å². The van der Waals surface area contributed by atoms with E-state index in [4.69, 9.17) is 9.31 Å². The van der Waals surface area contributed by atoms with Crippen LogP contribution in [0.15, 0.2) is 54.6 Å². The van der Waals surface area contributed by atoms with Crippen LogP contribution in [-0.2, 0) is 22.2 Å². The normalized spacial score (nSPS) is 18.2. The second-order valence-electron chi connectivity index (χ2n) is 7.32. The van der Waals surface area contributed by atoms with Crippen LogP contribution >= 0.6 is 0 Å². The maximum Gasteiger partial charge on any atom is 0.494 e. The lowest BCUT2D eigenvalue weighted by molar-refractivity contribution is 0.00578. The fourth-order valence-electron chi connectivity index (χ4n) is 2.75. The highest BCUT2D eigenvalue weighted by Gasteiger charge is 2.51. The highest BCUT2D eigenvalue weighted by Crippen LogP contribution is 2.36. The molecule has 130 valence electrons. The van der Waals surface area contributed by atoms with E-state index in [1.807, 2.05) is 0 Å². The lowest BCUT2D eigenvalue weighted by Crippen LogP contribution is -2.41. The van der Waals surface area contributed by atoms with Gasteiger partial charge in [-0.3, -0.25) is 0 Å². The third-order valence-electron chi connectivity index (χ3n) is 5.05. The predicted molar refractivity (Wildman–Crippen MR) is 105 cm³/mol. The van der Waals surface area contributed by atoms with Gasteiger partial charge >= 0.3 is 7.12 Å². The summed E-state index contributed by atoms with van der Waals surface area (Å²) >= 11 is 0. The van der Waals surface area contributed by atoms with Crippen LogP contribution in [0.2, 0.25) is 0 Å². The molecule has 1 heterocycles. The van der Waals surface area contributed by atoms with Gasteiger partial charge in [0.05, 0.1) is 11.2 Å². The lowest BCUT2D eigenvalue weighted by Gasteiger charge is -2.32. The van der Waals surface area contributed by atoms with Crippen molar-refractivity contribution < 1.29 is 10.7 Å². The van der Waals surface area contributed by atoms with Gasteiger partial charge in [0.2, 0.25) is 0 Å². The molecule has 0 saturated carbocycles. The largest absolute Gasteiger partial charge is 0.494 e. The fourth-order valence-corrected chi connectivity index (χ4v) is 2.75. The van der Waals surface area contributed by atoms with Crippen molar-refractivity contribution in [2.24, 2.45) is 0 Å². The zero-order valence-electron chi connectivity index (χ0n) is 14.5. The van der Waals surface area contributed by atoms with Gasteiger partial charge in [-0.2, -0.15) is 0 Å². The van der Waals surface area contributed by atoms with Crippen molar-refractivity contribution in [2.45, 2.75) is 59.2 Å². The first-order chi connectivity index (χ1) is 10.9. The molecular formula is C21H31BO2. The summed E-state index contributed by atoms with van der Waals surface area (Å²) in [5.41, 5.74) is 3.23. The van der Waals surface area contributed by atoms with E-state index in [9.17, 15) is 0 Å². The Bertz CT molecular complexity index is 637. The van der Waals surface area contributed by atoms with E-state index < -0.39 is 0 Å². The van der Waals surface area contributed by atoms with Crippen molar-refractivity contribution in [3.63, 3.8) is 0 Å². The molecule has 0 N–H and O–H groups in total. The average molecular weight is 326 g/mol. The zero-order chi connectivity index (χ0) is 16.5. The van der Waals surface area contributed by atoms with Crippen molar-refractivity contribution >= 4 is 12.6 Å². The van der Waals surface area contributed by atoms with E-state index >= 15 is 0 Å². The first kappa shape index (κ1) is 18.8. The van der Waals surface area contributed by atoms with Gasteiger partial charge in [-0.15, -0.1) is 0 Å². The van der Waals surface area contributed by atoms with E-state index in [0.717, 1.165) is 18.3 Å². The molecule has 0 aromatic heterocycles. The Labute approximate surface area is 148 Å². The van der Waals surface area contributed by atoms with Crippen LogP contribution in [0.1, 0.15) is 47.7 Å². The summed E-state index contributed by atoms with van der Waals surface area (Å²) in [6, 6.07) is 19.2. The molecule has 0 amide bonds. The van der Waals surface area contributed by atoms with Crippen LogP contribution in [0.25, 0.3) is 0 Å². The summed E-state index contributed by atoms with van der Waals surface area (Å²) < 4.78 is 12.2. The average Bonchev–Trinajstić information content (AvgIpc) is 2.75. The topological polar surface area (TPSA) is 18.5 Å². The molecule has 0 radical (unpaired) electrons. The van der Waals surface area contributed by atoms with Crippen molar-refractivity contribution in [1.29, 1.82) is 0 Å². The Kier molecular flexibility index (Phi) is 5.57. The van der Waals surface area contributed by atoms with Gasteiger partial charge in [0.1, 0.15) is 0 Å². The molecule has 0 atom stereocenters. The molecule has 2 nitrogen and oxygen atoms in total. The molecule has 24 heavy (non-hydrogen) atoms. The molecule has 1 saturated heterocycles. The van der Waals surface area contributed by atoms with Crippen molar-refractivity contribution in [3.8, 4) is 0 Å². The van der Waals surface area contributed by atoms with Gasteiger partial charge in [0.15, 0.2) is 0 Å². The Morgan fingerprint density at radius 1 is 0.750 bits per heavy atom. The second kappa shape index (κ2) is 7.12. The van der Waals surface area contributed by atoms with Crippen molar-refractivity contribution in [3.05, 3.63) is 65.7 Å². The monoisotopic (exact) mass is 326 g/mol. The molecule has 1 fully saturated rings. The van der Waals surface area contributed by atoms with Crippen molar-refractivity contribution in [2.75, 3.05) is 0 Å². The maximum atomic E-state index is 6.10. The summed E-state index contributed by atoms with van der Waals surface area (Å²) in [4.78, 5) is 0. The highest BCUT2D eigenvalue weighted by atomic mass is 16.7. The molecule has 3 rings (SSSR count). The molecule has 0 bridgehead atoms. The maximum absolute atomic E-state index is 6.10. The van der Waals surface area contributed by atoms with Gasteiger partial charge in [0.25, 0.3) is 0 Å². The van der Waals surface area contributed by atoms with E-state index in [0.29, 0.717) is 0 Å². The first-order valence-corrected chi connectivity index (χ1v) is 8.36. The molecule has 2 aromatic rings. The van der Waals surface area contributed by atoms with E-state index in [2.05, 4.69) is 82.3 Å². The van der Waals surface area contributed by atoms with Gasteiger partial charge in [0, 0.05) is 1.43 Å². The summed E-state index contributed by atoms with van der Waals surface area (Å²) in [5.74, 6) is 0. The van der Waals surface area contributed by atoms with Gasteiger partial charge in [-0.05, 0) is 57.1 Å². The smallest absolute Gasteiger partial charge is 0.399 e. The molecule has 0 aliphatic carbocycles. The molecule has 0 unspecified atom stereocenters. The predicted octanol–water partition coefficient (Wildman–Crippen LogP) is 4.65. The molecule has 3 heteroatoms. The number of benzene rings is 2. The minimum Gasteiger partial charge on any atom is -0.399 e. The van der Waals surface area contributed by atoms with E-state index in [1.54, 1.807) is 0 Å². The van der Waals surface area contributed by atoms with Gasteiger partial charge in [-0.1, -0.05) is 62.0 Å². The molecular weight excluding hydrogens is 295 g/mol. The summed E-state index contributed by atoms with van der Waals surface area (Å²) in [6.07, 6.45) is 2.12. The third-order valence-corrected chi connectivity index (χ3v) is 5.05. The minimum absolute atomic E-state index is 0. The van der Waals surface area contributed by atoms with Gasteiger partial charge in [-0.25, -0.2) is 0 Å². The lowest BCUT2D eigenvalue weighted by atomic mass is 9.78. The Morgan fingerprint density at radius 2 is 1.21 bits per heavy atom. The summed E-state index contributed by atoms with van der Waals surface area (Å²) in [6.45, 7) is 8.34. The number of hydrogen-bond acceptors (Lipinski definition) is 2. The number of rotatable bonds is 4. The standard InChI is InChI=1S/C20H25BO2.CH4.H2/c1-19(2)20(3,4)23-21(22-19)18-14-12-17(13-15-18)11-10-16-8-6-5-7-9-16;;/h5-9,12-15H,10-11H2,1-4H3;1H4;1H. The van der Waals surface area contributed by atoms with Crippen LogP contribution in [0.4, 0.5) is 0 Å². The number of hydrogen-bond donors (Lipinski definition) is 0. The van der Waals surface area contributed by atoms with Gasteiger partial charge < -0.3 is 9.31 Å². The Hall–Kier alpha value is -1.58. The molecule has 1 aliphatic rings. The van der Waals surface area contributed by atoms with E-state index in [1.165, 1.54) is 11.1 Å². The summed E-state index contributed by atoms with van der Waals surface area (Å²) in [7, 11) is -0.275. The third kappa shape index (κ3) is 3.91. The summed E-state index contributed by atoms with van der Waals surface area (Å²) in [5, 5.41) is 0. The Balaban J connectivity index is 0.00000156. The zero-order valence-corrected chi connectivity index (χ0v) is 14.5. The van der Waals surface area contributed by atoms with Crippen LogP contribution in [0.5, 0.6) is 0 Å². The fraction of sp³-hybridized carbons (Fsp3) is 0.429. The van der Waals surface area contributed by atoms with Crippen molar-refractivity contribution in [1.82, 2.24) is 0 Å². The first-order valence-electron chi connectivity index (χ1n) is 8.36. The van der Waals surface area contributed by atoms with Crippen LogP contribution in [-0.4, -0.2) is 18.3 Å². The number of aryl methyl sites for hydroxylation is 2. The Morgan fingerprint density at radius 3 is 1.71 bits per heavy atom. The molecule has 1 aliphatic heterocycles. The quantitative estimate of drug-likeness (QED) is 0.761. The highest BCUT2D eigenvalue weighted by molar-refractivity contribution is 6.62. The SMILES string of the molecule is C.CC1(C)OB(c2ccc(CCc3ccccc3)cc2)OC1(C)C.[HH]. The second-order valence-corrected chi connectivity index (χ2v) is 7.32.